The van der Waals surface area contributed by atoms with Crippen molar-refractivity contribution in [2.24, 2.45) is 0 Å². The number of rotatable bonds is 6. The second-order valence-electron chi connectivity index (χ2n) is 5.13. The maximum Gasteiger partial charge on any atom is 0.0945 e. The monoisotopic (exact) mass is 278 g/mol. The summed E-state index contributed by atoms with van der Waals surface area (Å²) in [5, 5.41) is 0. The molecule has 0 amide bonds. The Morgan fingerprint density at radius 3 is 2.57 bits per heavy atom. The Morgan fingerprint density at radius 1 is 0.952 bits per heavy atom. The summed E-state index contributed by atoms with van der Waals surface area (Å²) in [5.74, 6) is 0.448. The Balaban J connectivity index is 1.74. The van der Waals surface area contributed by atoms with Crippen LogP contribution >= 0.6 is 0 Å². The van der Waals surface area contributed by atoms with E-state index in [1.54, 1.807) is 0 Å². The lowest BCUT2D eigenvalue weighted by atomic mass is 9.90. The van der Waals surface area contributed by atoms with E-state index in [0.717, 1.165) is 19.4 Å². The van der Waals surface area contributed by atoms with E-state index in [4.69, 9.17) is 0 Å². The predicted molar refractivity (Wildman–Crippen MR) is 81.8 cm³/mol. The van der Waals surface area contributed by atoms with Crippen LogP contribution in [-0.2, 0) is 13.0 Å². The molecule has 3 rings (SSSR count). The van der Waals surface area contributed by atoms with Gasteiger partial charge in [0.2, 0.25) is 0 Å². The zero-order chi connectivity index (χ0) is 14.3. The largest absolute Gasteiger partial charge is 0.337 e. The summed E-state index contributed by atoms with van der Waals surface area (Å²) < 4.78 is 2.12. The van der Waals surface area contributed by atoms with Gasteiger partial charge in [0.15, 0.2) is 0 Å². The minimum absolute atomic E-state index is 0.448. The van der Waals surface area contributed by atoms with Gasteiger partial charge in [0.1, 0.15) is 0 Å². The molecule has 0 saturated carbocycles. The standard InChI is InChI=1S/C17H18N4/c1-2-17(13-19-6-1)16(5-10-21-11-9-20-14-21)12-15-3-7-18-8-4-15/h1-4,6-9,11,13-14,16H,5,10,12H2. The van der Waals surface area contributed by atoms with E-state index in [-0.39, 0.29) is 0 Å². The Morgan fingerprint density at radius 2 is 1.86 bits per heavy atom. The molecule has 0 fully saturated rings. The highest BCUT2D eigenvalue weighted by Crippen LogP contribution is 2.24. The SMILES string of the molecule is c1cncc(C(CCn2ccnc2)Cc2ccncc2)c1. The molecule has 1 atom stereocenters. The summed E-state index contributed by atoms with van der Waals surface area (Å²) >= 11 is 0. The highest BCUT2D eigenvalue weighted by molar-refractivity contribution is 5.20. The van der Waals surface area contributed by atoms with Crippen LogP contribution in [0.25, 0.3) is 0 Å². The molecule has 0 aliphatic rings. The van der Waals surface area contributed by atoms with Gasteiger partial charge in [-0.25, -0.2) is 4.98 Å². The molecule has 0 spiro atoms. The molecule has 1 unspecified atom stereocenters. The fourth-order valence-corrected chi connectivity index (χ4v) is 2.53. The van der Waals surface area contributed by atoms with Crippen LogP contribution in [0.1, 0.15) is 23.5 Å². The average molecular weight is 278 g/mol. The number of hydrogen-bond acceptors (Lipinski definition) is 3. The van der Waals surface area contributed by atoms with Crippen LogP contribution in [0, 0.1) is 0 Å². The topological polar surface area (TPSA) is 43.6 Å². The molecular weight excluding hydrogens is 260 g/mol. The van der Waals surface area contributed by atoms with Crippen molar-refractivity contribution in [1.29, 1.82) is 0 Å². The summed E-state index contributed by atoms with van der Waals surface area (Å²) in [5.41, 5.74) is 2.60. The highest BCUT2D eigenvalue weighted by Gasteiger charge is 2.13. The van der Waals surface area contributed by atoms with Crippen LogP contribution in [0.5, 0.6) is 0 Å². The van der Waals surface area contributed by atoms with Crippen LogP contribution in [0.4, 0.5) is 0 Å². The van der Waals surface area contributed by atoms with Crippen molar-refractivity contribution in [1.82, 2.24) is 19.5 Å². The Hall–Kier alpha value is -2.49. The van der Waals surface area contributed by atoms with Crippen molar-refractivity contribution in [3.05, 3.63) is 78.9 Å². The molecular formula is C17H18N4. The minimum atomic E-state index is 0.448. The molecule has 4 heteroatoms. The number of hydrogen-bond donors (Lipinski definition) is 0. The van der Waals surface area contributed by atoms with Crippen LogP contribution in [-0.4, -0.2) is 19.5 Å². The van der Waals surface area contributed by atoms with E-state index in [0.29, 0.717) is 5.92 Å². The van der Waals surface area contributed by atoms with Crippen LogP contribution in [0.2, 0.25) is 0 Å². The lowest BCUT2D eigenvalue weighted by Gasteiger charge is -2.17. The molecule has 0 aliphatic carbocycles. The molecule has 0 radical (unpaired) electrons. The number of aryl methyl sites for hydroxylation is 1. The first-order valence-corrected chi connectivity index (χ1v) is 7.16. The predicted octanol–water partition coefficient (Wildman–Crippen LogP) is 3.09. The number of aromatic nitrogens is 4. The second-order valence-corrected chi connectivity index (χ2v) is 5.13. The molecule has 0 aromatic carbocycles. The van der Waals surface area contributed by atoms with Gasteiger partial charge in [-0.3, -0.25) is 9.97 Å². The molecule has 3 aromatic rings. The lowest BCUT2D eigenvalue weighted by molar-refractivity contribution is 0.543. The van der Waals surface area contributed by atoms with Gasteiger partial charge in [0.05, 0.1) is 6.33 Å². The Kier molecular flexibility index (Phi) is 4.36. The summed E-state index contributed by atoms with van der Waals surface area (Å²) in [6.45, 7) is 0.963. The maximum atomic E-state index is 4.26. The smallest absolute Gasteiger partial charge is 0.0945 e. The maximum absolute atomic E-state index is 4.26. The van der Waals surface area contributed by atoms with E-state index in [1.807, 2.05) is 49.6 Å². The van der Waals surface area contributed by atoms with Crippen molar-refractivity contribution in [3.8, 4) is 0 Å². The van der Waals surface area contributed by atoms with E-state index in [9.17, 15) is 0 Å². The number of imidazole rings is 1. The highest BCUT2D eigenvalue weighted by atomic mass is 15.0. The van der Waals surface area contributed by atoms with Crippen molar-refractivity contribution >= 4 is 0 Å². The molecule has 0 aliphatic heterocycles. The lowest BCUT2D eigenvalue weighted by Crippen LogP contribution is -2.08. The third kappa shape index (κ3) is 3.75. The molecule has 4 nitrogen and oxygen atoms in total. The van der Waals surface area contributed by atoms with Gasteiger partial charge in [-0.05, 0) is 48.1 Å². The summed E-state index contributed by atoms with van der Waals surface area (Å²) in [6.07, 6.45) is 15.3. The molecule has 21 heavy (non-hydrogen) atoms. The van der Waals surface area contributed by atoms with E-state index in [1.165, 1.54) is 11.1 Å². The molecule has 3 heterocycles. The van der Waals surface area contributed by atoms with E-state index in [2.05, 4.69) is 37.7 Å². The van der Waals surface area contributed by atoms with Gasteiger partial charge in [-0.2, -0.15) is 0 Å². The van der Waals surface area contributed by atoms with Gasteiger partial charge in [-0.15, -0.1) is 0 Å². The molecule has 0 saturated heterocycles. The van der Waals surface area contributed by atoms with Crippen molar-refractivity contribution in [3.63, 3.8) is 0 Å². The van der Waals surface area contributed by atoms with Gasteiger partial charge >= 0.3 is 0 Å². The quantitative estimate of drug-likeness (QED) is 0.696. The van der Waals surface area contributed by atoms with Gasteiger partial charge < -0.3 is 4.57 Å². The Bertz CT molecular complexity index is 635. The third-order valence-electron chi connectivity index (χ3n) is 3.68. The van der Waals surface area contributed by atoms with Gasteiger partial charge in [0.25, 0.3) is 0 Å². The first-order chi connectivity index (χ1) is 10.4. The first-order valence-electron chi connectivity index (χ1n) is 7.16. The Labute approximate surface area is 124 Å². The van der Waals surface area contributed by atoms with E-state index >= 15 is 0 Å². The zero-order valence-electron chi connectivity index (χ0n) is 11.8. The fourth-order valence-electron chi connectivity index (χ4n) is 2.53. The normalized spacial score (nSPS) is 12.2. The van der Waals surface area contributed by atoms with Crippen LogP contribution < -0.4 is 0 Å². The zero-order valence-corrected chi connectivity index (χ0v) is 11.8. The summed E-state index contributed by atoms with van der Waals surface area (Å²) in [6, 6.07) is 8.33. The molecule has 0 N–H and O–H groups in total. The summed E-state index contributed by atoms with van der Waals surface area (Å²) in [4.78, 5) is 12.4. The summed E-state index contributed by atoms with van der Waals surface area (Å²) in [7, 11) is 0. The minimum Gasteiger partial charge on any atom is -0.337 e. The van der Waals surface area contributed by atoms with Crippen LogP contribution in [0.15, 0.2) is 67.8 Å². The number of nitrogens with zero attached hydrogens (tertiary/aromatic N) is 4. The molecule has 0 bridgehead atoms. The average Bonchev–Trinajstić information content (AvgIpc) is 3.07. The van der Waals surface area contributed by atoms with Crippen molar-refractivity contribution in [2.45, 2.75) is 25.3 Å². The van der Waals surface area contributed by atoms with Crippen LogP contribution in [0.3, 0.4) is 0 Å². The van der Waals surface area contributed by atoms with E-state index < -0.39 is 0 Å². The van der Waals surface area contributed by atoms with Crippen molar-refractivity contribution < 1.29 is 0 Å². The van der Waals surface area contributed by atoms with Crippen molar-refractivity contribution in [2.75, 3.05) is 0 Å². The third-order valence-corrected chi connectivity index (χ3v) is 3.68. The van der Waals surface area contributed by atoms with Gasteiger partial charge in [-0.1, -0.05) is 6.07 Å². The number of pyridine rings is 2. The molecule has 3 aromatic heterocycles. The van der Waals surface area contributed by atoms with Gasteiger partial charge in [0, 0.05) is 43.7 Å². The molecule has 106 valence electrons. The second kappa shape index (κ2) is 6.79. The fraction of sp³-hybridized carbons (Fsp3) is 0.235. The first kappa shape index (κ1) is 13.5.